The Hall–Kier alpha value is -1.60. The Labute approximate surface area is 160 Å². The molecule has 0 aromatic heterocycles. The smallest absolute Gasteiger partial charge is 0.324 e. The molecule has 1 saturated heterocycles. The minimum Gasteiger partial charge on any atom is -0.468 e. The van der Waals surface area contributed by atoms with Crippen LogP contribution in [0.1, 0.15) is 5.56 Å². The molecule has 1 fully saturated rings. The number of nitrogens with two attached hydrogens (primary N) is 1. The van der Waals surface area contributed by atoms with E-state index >= 15 is 0 Å². The van der Waals surface area contributed by atoms with Crippen molar-refractivity contribution in [3.63, 3.8) is 0 Å². The molecule has 0 amide bonds. The van der Waals surface area contributed by atoms with Crippen molar-refractivity contribution in [3.8, 4) is 0 Å². The topological polar surface area (TPSA) is 58.8 Å². The number of carbonyl (C=O) groups excluding carboxylic acids is 1. The van der Waals surface area contributed by atoms with Crippen LogP contribution in [0.2, 0.25) is 0 Å². The van der Waals surface area contributed by atoms with Crippen LogP contribution >= 0.6 is 12.6 Å². The van der Waals surface area contributed by atoms with E-state index in [1.807, 2.05) is 0 Å². The highest BCUT2D eigenvalue weighted by atomic mass is 32.1. The normalized spacial score (nSPS) is 20.2. The summed E-state index contributed by atoms with van der Waals surface area (Å²) < 4.78 is 5.04. The van der Waals surface area contributed by atoms with Crippen molar-refractivity contribution in [3.05, 3.63) is 48.0 Å². The van der Waals surface area contributed by atoms with Crippen LogP contribution in [0.25, 0.3) is 10.8 Å². The van der Waals surface area contributed by atoms with Crippen molar-refractivity contribution in [2.24, 2.45) is 5.73 Å². The summed E-state index contributed by atoms with van der Waals surface area (Å²) in [6.45, 7) is 3.82. The fourth-order valence-electron chi connectivity index (χ4n) is 3.63. The molecule has 0 aliphatic carbocycles. The third-order valence-electron chi connectivity index (χ3n) is 5.03. The van der Waals surface area contributed by atoms with Gasteiger partial charge >= 0.3 is 5.97 Å². The van der Waals surface area contributed by atoms with E-state index in [9.17, 15) is 4.79 Å². The molecule has 140 valence electrons. The van der Waals surface area contributed by atoms with E-state index in [0.717, 1.165) is 19.6 Å². The van der Waals surface area contributed by atoms with Crippen molar-refractivity contribution >= 4 is 29.4 Å². The number of esters is 1. The van der Waals surface area contributed by atoms with Gasteiger partial charge in [-0.05, 0) is 16.3 Å². The highest BCUT2D eigenvalue weighted by Gasteiger charge is 2.33. The Morgan fingerprint density at radius 3 is 2.81 bits per heavy atom. The van der Waals surface area contributed by atoms with Gasteiger partial charge in [-0.1, -0.05) is 42.5 Å². The molecule has 0 radical (unpaired) electrons. The van der Waals surface area contributed by atoms with E-state index < -0.39 is 0 Å². The maximum Gasteiger partial charge on any atom is 0.324 e. The van der Waals surface area contributed by atoms with Gasteiger partial charge < -0.3 is 10.5 Å². The molecule has 2 aromatic carbocycles. The van der Waals surface area contributed by atoms with Crippen LogP contribution in [0, 0.1) is 0 Å². The third kappa shape index (κ3) is 4.38. The van der Waals surface area contributed by atoms with E-state index in [-0.39, 0.29) is 18.1 Å². The summed E-state index contributed by atoms with van der Waals surface area (Å²) in [5.41, 5.74) is 7.33. The first-order valence-electron chi connectivity index (χ1n) is 8.99. The lowest BCUT2D eigenvalue weighted by molar-refractivity contribution is -0.149. The van der Waals surface area contributed by atoms with Crippen LogP contribution in [-0.2, 0) is 16.1 Å². The highest BCUT2D eigenvalue weighted by Crippen LogP contribution is 2.22. The summed E-state index contributed by atoms with van der Waals surface area (Å²) in [5.74, 6) is 0.406. The van der Waals surface area contributed by atoms with Gasteiger partial charge in [-0.15, -0.1) is 0 Å². The standard InChI is InChI=1S/C20H27N3O2S/c1-25-20(24)19-13-22(9-10-23(19)12-17(21)14-26)11-16-7-4-6-15-5-2-3-8-18(15)16/h2-8,17,19,26H,9-14,21H2,1H3/t17-,19?/m1/s1. The second-order valence-electron chi connectivity index (χ2n) is 6.85. The number of fused-ring (bicyclic) bond motifs is 1. The van der Waals surface area contributed by atoms with Gasteiger partial charge in [-0.2, -0.15) is 12.6 Å². The molecule has 2 aromatic rings. The molecule has 0 saturated carbocycles. The van der Waals surface area contributed by atoms with Crippen LogP contribution in [0.3, 0.4) is 0 Å². The molecule has 26 heavy (non-hydrogen) atoms. The van der Waals surface area contributed by atoms with Gasteiger partial charge in [0.2, 0.25) is 0 Å². The lowest BCUT2D eigenvalue weighted by atomic mass is 10.0. The van der Waals surface area contributed by atoms with Gasteiger partial charge in [0.05, 0.1) is 7.11 Å². The van der Waals surface area contributed by atoms with Gasteiger partial charge in [0, 0.05) is 44.5 Å². The second-order valence-corrected chi connectivity index (χ2v) is 7.22. The van der Waals surface area contributed by atoms with E-state index in [2.05, 4.69) is 64.9 Å². The number of benzene rings is 2. The minimum absolute atomic E-state index is 0.0462. The van der Waals surface area contributed by atoms with Crippen molar-refractivity contribution in [1.82, 2.24) is 9.80 Å². The Bertz CT molecular complexity index is 749. The molecule has 1 unspecified atom stereocenters. The van der Waals surface area contributed by atoms with Crippen LogP contribution in [0.4, 0.5) is 0 Å². The summed E-state index contributed by atoms with van der Waals surface area (Å²) in [6, 6.07) is 14.5. The lowest BCUT2D eigenvalue weighted by Gasteiger charge is -2.40. The van der Waals surface area contributed by atoms with Gasteiger partial charge in [-0.25, -0.2) is 0 Å². The first-order chi connectivity index (χ1) is 12.6. The largest absolute Gasteiger partial charge is 0.468 e. The minimum atomic E-state index is -0.283. The number of carbonyl (C=O) groups is 1. The fourth-order valence-corrected chi connectivity index (χ4v) is 3.74. The van der Waals surface area contributed by atoms with Crippen LogP contribution in [-0.4, -0.2) is 66.9 Å². The van der Waals surface area contributed by atoms with Crippen LogP contribution in [0.5, 0.6) is 0 Å². The number of hydrogen-bond acceptors (Lipinski definition) is 6. The summed E-state index contributed by atoms with van der Waals surface area (Å²) in [4.78, 5) is 16.8. The zero-order valence-corrected chi connectivity index (χ0v) is 16.1. The molecule has 3 rings (SSSR count). The number of hydrogen-bond donors (Lipinski definition) is 2. The molecule has 1 aliphatic heterocycles. The lowest BCUT2D eigenvalue weighted by Crippen LogP contribution is -2.58. The molecule has 0 spiro atoms. The average Bonchev–Trinajstić information content (AvgIpc) is 2.68. The van der Waals surface area contributed by atoms with Crippen LogP contribution in [0.15, 0.2) is 42.5 Å². The molecular formula is C20H27N3O2S. The first-order valence-corrected chi connectivity index (χ1v) is 9.63. The summed E-state index contributed by atoms with van der Waals surface area (Å²) >= 11 is 4.26. The molecule has 5 nitrogen and oxygen atoms in total. The van der Waals surface area contributed by atoms with Crippen LogP contribution < -0.4 is 5.73 Å². The molecule has 2 atom stereocenters. The SMILES string of the molecule is COC(=O)C1CN(Cc2cccc3ccccc23)CCN1C[C@@H](N)CS. The Kier molecular flexibility index (Phi) is 6.53. The first kappa shape index (κ1) is 19.2. The summed E-state index contributed by atoms with van der Waals surface area (Å²) in [6.07, 6.45) is 0. The molecule has 1 heterocycles. The summed E-state index contributed by atoms with van der Waals surface area (Å²) in [5, 5.41) is 2.51. The molecule has 6 heteroatoms. The van der Waals surface area contributed by atoms with Crippen molar-refractivity contribution in [2.75, 3.05) is 39.0 Å². The number of nitrogens with zero attached hydrogens (tertiary/aromatic N) is 2. The number of methoxy groups -OCH3 is 1. The second kappa shape index (κ2) is 8.86. The molecular weight excluding hydrogens is 346 g/mol. The van der Waals surface area contributed by atoms with E-state index in [1.165, 1.54) is 23.4 Å². The Morgan fingerprint density at radius 1 is 1.27 bits per heavy atom. The number of rotatable bonds is 6. The average molecular weight is 374 g/mol. The Morgan fingerprint density at radius 2 is 2.04 bits per heavy atom. The van der Waals surface area contributed by atoms with Gasteiger partial charge in [-0.3, -0.25) is 14.6 Å². The van der Waals surface area contributed by atoms with E-state index in [1.54, 1.807) is 0 Å². The highest BCUT2D eigenvalue weighted by molar-refractivity contribution is 7.80. The predicted molar refractivity (Wildman–Crippen MR) is 108 cm³/mol. The van der Waals surface area contributed by atoms with E-state index in [4.69, 9.17) is 10.5 Å². The third-order valence-corrected chi connectivity index (χ3v) is 5.50. The van der Waals surface area contributed by atoms with Crippen molar-refractivity contribution in [2.45, 2.75) is 18.6 Å². The monoisotopic (exact) mass is 373 g/mol. The number of ether oxygens (including phenoxy) is 1. The molecule has 0 bridgehead atoms. The zero-order chi connectivity index (χ0) is 18.5. The van der Waals surface area contributed by atoms with Gasteiger partial charge in [0.15, 0.2) is 0 Å². The Balaban J connectivity index is 1.74. The predicted octanol–water partition coefficient (Wildman–Crippen LogP) is 1.76. The maximum absolute atomic E-state index is 12.3. The van der Waals surface area contributed by atoms with Gasteiger partial charge in [0.1, 0.15) is 6.04 Å². The molecule has 1 aliphatic rings. The van der Waals surface area contributed by atoms with Gasteiger partial charge in [0.25, 0.3) is 0 Å². The fraction of sp³-hybridized carbons (Fsp3) is 0.450. The number of thiol groups is 1. The van der Waals surface area contributed by atoms with Crippen molar-refractivity contribution < 1.29 is 9.53 Å². The van der Waals surface area contributed by atoms with E-state index in [0.29, 0.717) is 18.8 Å². The molecule has 2 N–H and O–H groups in total. The summed E-state index contributed by atoms with van der Waals surface area (Å²) in [7, 11) is 1.45. The maximum atomic E-state index is 12.3. The quantitative estimate of drug-likeness (QED) is 0.597. The zero-order valence-electron chi connectivity index (χ0n) is 15.2. The van der Waals surface area contributed by atoms with Crippen molar-refractivity contribution in [1.29, 1.82) is 0 Å². The number of piperazine rings is 1.